The fourth-order valence-electron chi connectivity index (χ4n) is 2.49. The van der Waals surface area contributed by atoms with Crippen LogP contribution in [0.5, 0.6) is 5.75 Å². The van der Waals surface area contributed by atoms with E-state index in [9.17, 15) is 9.00 Å². The maximum atomic E-state index is 11.1. The number of rotatable bonds is 8. The third-order valence-electron chi connectivity index (χ3n) is 3.55. The molecule has 1 aromatic rings. The summed E-state index contributed by atoms with van der Waals surface area (Å²) in [5, 5.41) is 3.64. The van der Waals surface area contributed by atoms with Gasteiger partial charge in [0.1, 0.15) is 5.75 Å². The van der Waals surface area contributed by atoms with Crippen LogP contribution in [-0.4, -0.2) is 46.6 Å². The molecule has 1 amide bonds. The van der Waals surface area contributed by atoms with Crippen molar-refractivity contribution in [3.8, 4) is 5.75 Å². The van der Waals surface area contributed by atoms with Gasteiger partial charge in [0.25, 0.3) is 5.91 Å². The first-order chi connectivity index (χ1) is 10.8. The summed E-state index contributed by atoms with van der Waals surface area (Å²) in [6, 6.07) is 8.18. The SMILES string of the molecule is O=S=CC(=O)NCCCOc1cccc(CN2CCCC2)c1. The summed E-state index contributed by atoms with van der Waals surface area (Å²) in [5.74, 6) is 0.525. The Balaban J connectivity index is 1.69. The average Bonchev–Trinajstić information content (AvgIpc) is 3.00. The highest BCUT2D eigenvalue weighted by molar-refractivity contribution is 7.66. The number of hydrogen-bond donors (Lipinski definition) is 1. The molecule has 1 aromatic carbocycles. The molecule has 0 unspecified atom stereocenters. The van der Waals surface area contributed by atoms with Crippen LogP contribution in [-0.2, 0) is 22.6 Å². The summed E-state index contributed by atoms with van der Waals surface area (Å²) in [5.41, 5.74) is 1.27. The number of carbonyl (C=O) groups excluding carboxylic acids is 1. The largest absolute Gasteiger partial charge is 0.494 e. The molecule has 0 radical (unpaired) electrons. The van der Waals surface area contributed by atoms with Crippen molar-refractivity contribution in [2.45, 2.75) is 25.8 Å². The Morgan fingerprint density at radius 1 is 1.36 bits per heavy atom. The van der Waals surface area contributed by atoms with Crippen molar-refractivity contribution in [3.63, 3.8) is 0 Å². The van der Waals surface area contributed by atoms with Gasteiger partial charge in [-0.25, -0.2) is 4.21 Å². The number of benzene rings is 1. The second-order valence-electron chi connectivity index (χ2n) is 5.34. The minimum Gasteiger partial charge on any atom is -0.494 e. The van der Waals surface area contributed by atoms with Crippen molar-refractivity contribution >= 4 is 22.5 Å². The fraction of sp³-hybridized carbons (Fsp3) is 0.500. The third kappa shape index (κ3) is 5.99. The molecule has 1 heterocycles. The molecule has 22 heavy (non-hydrogen) atoms. The Morgan fingerprint density at radius 2 is 2.18 bits per heavy atom. The number of carbonyl (C=O) groups is 1. The fourth-order valence-corrected chi connectivity index (χ4v) is 2.66. The van der Waals surface area contributed by atoms with Crippen molar-refractivity contribution in [1.82, 2.24) is 10.2 Å². The van der Waals surface area contributed by atoms with Gasteiger partial charge < -0.3 is 10.1 Å². The molecule has 0 aromatic heterocycles. The summed E-state index contributed by atoms with van der Waals surface area (Å²) < 4.78 is 15.8. The highest BCUT2D eigenvalue weighted by Crippen LogP contribution is 2.17. The molecule has 120 valence electrons. The molecular weight excluding hydrogens is 300 g/mol. The van der Waals surface area contributed by atoms with E-state index in [0.717, 1.165) is 17.7 Å². The Hall–Kier alpha value is -1.66. The van der Waals surface area contributed by atoms with Crippen LogP contribution < -0.4 is 10.1 Å². The third-order valence-corrected chi connectivity index (χ3v) is 3.86. The Bertz CT molecular complexity index is 538. The van der Waals surface area contributed by atoms with E-state index in [1.807, 2.05) is 12.1 Å². The number of amides is 1. The summed E-state index contributed by atoms with van der Waals surface area (Å²) >= 11 is 0.163. The normalized spacial score (nSPS) is 14.5. The number of likely N-dealkylation sites (tertiary alicyclic amines) is 1. The highest BCUT2D eigenvalue weighted by Gasteiger charge is 2.11. The lowest BCUT2D eigenvalue weighted by Gasteiger charge is -2.15. The second-order valence-corrected chi connectivity index (χ2v) is 5.77. The summed E-state index contributed by atoms with van der Waals surface area (Å²) in [6.45, 7) is 4.39. The van der Waals surface area contributed by atoms with Crippen LogP contribution >= 0.6 is 0 Å². The van der Waals surface area contributed by atoms with Gasteiger partial charge in [-0.2, -0.15) is 0 Å². The van der Waals surface area contributed by atoms with E-state index >= 15 is 0 Å². The van der Waals surface area contributed by atoms with Gasteiger partial charge in [0.2, 0.25) is 0 Å². The molecule has 1 N–H and O–H groups in total. The van der Waals surface area contributed by atoms with Gasteiger partial charge in [-0.05, 0) is 50.0 Å². The zero-order valence-corrected chi connectivity index (χ0v) is 13.4. The maximum absolute atomic E-state index is 11.1. The van der Waals surface area contributed by atoms with Crippen molar-refractivity contribution in [1.29, 1.82) is 0 Å². The minimum atomic E-state index is -0.340. The standard InChI is InChI=1S/C16H22N2O3S/c19-16(13-22-20)17-7-4-10-21-15-6-3-5-14(11-15)12-18-8-1-2-9-18/h3,5-6,11,13H,1-2,4,7-10,12H2,(H,17,19). The quantitative estimate of drug-likeness (QED) is 0.577. The van der Waals surface area contributed by atoms with Crippen molar-refractivity contribution < 1.29 is 13.7 Å². The number of hydrogen-bond acceptors (Lipinski definition) is 4. The molecule has 0 saturated carbocycles. The van der Waals surface area contributed by atoms with Gasteiger partial charge >= 0.3 is 0 Å². The van der Waals surface area contributed by atoms with Crippen molar-refractivity contribution in [3.05, 3.63) is 29.8 Å². The molecule has 1 aliphatic heterocycles. The molecule has 0 atom stereocenters. The van der Waals surface area contributed by atoms with Gasteiger partial charge in [-0.3, -0.25) is 9.69 Å². The zero-order valence-electron chi connectivity index (χ0n) is 12.6. The number of nitrogens with one attached hydrogen (secondary N) is 1. The smallest absolute Gasteiger partial charge is 0.257 e. The van der Waals surface area contributed by atoms with Crippen LogP contribution in [0.15, 0.2) is 24.3 Å². The molecule has 2 rings (SSSR count). The maximum Gasteiger partial charge on any atom is 0.257 e. The topological polar surface area (TPSA) is 58.6 Å². The van der Waals surface area contributed by atoms with Crippen molar-refractivity contribution in [2.75, 3.05) is 26.2 Å². The van der Waals surface area contributed by atoms with Gasteiger partial charge in [0.15, 0.2) is 0 Å². The van der Waals surface area contributed by atoms with Gasteiger partial charge in [-0.15, -0.1) is 0 Å². The first-order valence-corrected chi connectivity index (χ1v) is 8.42. The van der Waals surface area contributed by atoms with E-state index in [0.29, 0.717) is 19.6 Å². The minimum absolute atomic E-state index is 0.163. The molecule has 5 nitrogen and oxygen atoms in total. The number of nitrogens with zero attached hydrogens (tertiary/aromatic N) is 1. The summed E-state index contributed by atoms with van der Waals surface area (Å²) in [4.78, 5) is 13.5. The van der Waals surface area contributed by atoms with Gasteiger partial charge in [-0.1, -0.05) is 12.1 Å². The van der Waals surface area contributed by atoms with Crippen LogP contribution in [0.3, 0.4) is 0 Å². The molecule has 1 fully saturated rings. The molecule has 0 aliphatic carbocycles. The molecular formula is C16H22N2O3S. The highest BCUT2D eigenvalue weighted by atomic mass is 32.1. The first-order valence-electron chi connectivity index (χ1n) is 7.62. The van der Waals surface area contributed by atoms with E-state index in [1.165, 1.54) is 31.5 Å². The second kappa shape index (κ2) is 9.38. The Kier molecular flexibility index (Phi) is 7.12. The Morgan fingerprint density at radius 3 is 2.95 bits per heavy atom. The van der Waals surface area contributed by atoms with E-state index in [1.54, 1.807) is 0 Å². The first kappa shape index (κ1) is 16.7. The molecule has 0 spiro atoms. The lowest BCUT2D eigenvalue weighted by molar-refractivity contribution is -0.114. The van der Waals surface area contributed by atoms with Crippen LogP contribution in [0.4, 0.5) is 0 Å². The molecule has 1 aliphatic rings. The zero-order chi connectivity index (χ0) is 15.6. The predicted molar refractivity (Wildman–Crippen MR) is 88.3 cm³/mol. The summed E-state index contributed by atoms with van der Waals surface area (Å²) in [6.07, 6.45) is 3.30. The van der Waals surface area contributed by atoms with E-state index in [2.05, 4.69) is 22.3 Å². The summed E-state index contributed by atoms with van der Waals surface area (Å²) in [7, 11) is 0. The lowest BCUT2D eigenvalue weighted by Crippen LogP contribution is -2.26. The molecule has 1 saturated heterocycles. The van der Waals surface area contributed by atoms with Crippen LogP contribution in [0, 0.1) is 0 Å². The lowest BCUT2D eigenvalue weighted by atomic mass is 10.2. The Labute approximate surface area is 134 Å². The van der Waals surface area contributed by atoms with E-state index in [4.69, 9.17) is 4.74 Å². The van der Waals surface area contributed by atoms with E-state index < -0.39 is 0 Å². The van der Waals surface area contributed by atoms with Gasteiger partial charge in [0, 0.05) is 13.1 Å². The van der Waals surface area contributed by atoms with E-state index in [-0.39, 0.29) is 17.2 Å². The van der Waals surface area contributed by atoms with Crippen LogP contribution in [0.25, 0.3) is 0 Å². The number of ether oxygens (including phenoxy) is 1. The van der Waals surface area contributed by atoms with Crippen LogP contribution in [0.2, 0.25) is 0 Å². The predicted octanol–water partition coefficient (Wildman–Crippen LogP) is 1.18. The average molecular weight is 322 g/mol. The van der Waals surface area contributed by atoms with Crippen molar-refractivity contribution in [2.24, 2.45) is 0 Å². The monoisotopic (exact) mass is 322 g/mol. The van der Waals surface area contributed by atoms with Crippen LogP contribution in [0.1, 0.15) is 24.8 Å². The molecule has 6 heteroatoms. The van der Waals surface area contributed by atoms with Gasteiger partial charge in [0.05, 0.1) is 23.2 Å². The molecule has 0 bridgehead atoms.